The molecule has 2 N–H and O–H groups in total. The third-order valence-corrected chi connectivity index (χ3v) is 9.22. The molecule has 1 heterocycles. The van der Waals surface area contributed by atoms with Gasteiger partial charge in [-0.25, -0.2) is 0 Å². The van der Waals surface area contributed by atoms with Crippen molar-refractivity contribution < 1.29 is 29.2 Å². The average molecular weight is 435 g/mol. The van der Waals surface area contributed by atoms with E-state index in [0.717, 1.165) is 57.3 Å². The van der Waals surface area contributed by atoms with Gasteiger partial charge in [-0.3, -0.25) is 0 Å². The maximum atomic E-state index is 10.3. The smallest absolute Gasteiger partial charge is 0.215 e. The quantitative estimate of drug-likeness (QED) is 0.494. The summed E-state index contributed by atoms with van der Waals surface area (Å²) in [5.41, 5.74) is 2.60. The summed E-state index contributed by atoms with van der Waals surface area (Å²) >= 11 is 0. The topological polar surface area (TPSA) is 77.4 Å². The van der Waals surface area contributed by atoms with Gasteiger partial charge in [0.05, 0.1) is 26.4 Å². The first kappa shape index (κ1) is 22.1. The molecule has 1 aliphatic heterocycles. The van der Waals surface area contributed by atoms with E-state index in [0.29, 0.717) is 23.7 Å². The Balaban J connectivity index is 1.37. The molecule has 4 aliphatic carbocycles. The lowest BCUT2D eigenvalue weighted by atomic mass is 9.51. The van der Waals surface area contributed by atoms with E-state index in [1.165, 1.54) is 6.42 Å². The molecule has 0 aromatic heterocycles. The van der Waals surface area contributed by atoms with E-state index in [1.54, 1.807) is 12.7 Å². The number of aliphatic hydroxyl groups is 2. The van der Waals surface area contributed by atoms with Gasteiger partial charge >= 0.3 is 0 Å². The number of ether oxygens (including phenoxy) is 4. The van der Waals surface area contributed by atoms with Gasteiger partial charge in [-0.2, -0.15) is 0 Å². The first-order chi connectivity index (χ1) is 15.0. The Morgan fingerprint density at radius 1 is 1.10 bits per heavy atom. The molecule has 6 atom stereocenters. The molecule has 0 bridgehead atoms. The lowest BCUT2D eigenvalue weighted by molar-refractivity contribution is -0.229. The predicted octanol–water partition coefficient (Wildman–Crippen LogP) is 3.18. The number of hydrogen-bond acceptors (Lipinski definition) is 6. The van der Waals surface area contributed by atoms with Crippen molar-refractivity contribution in [2.45, 2.75) is 63.4 Å². The van der Waals surface area contributed by atoms with Crippen LogP contribution in [0.1, 0.15) is 51.9 Å². The van der Waals surface area contributed by atoms with Crippen molar-refractivity contribution in [1.82, 2.24) is 0 Å². The Bertz CT molecular complexity index is 734. The fourth-order valence-electron chi connectivity index (χ4n) is 7.80. The number of aliphatic hydroxyl groups excluding tert-OH is 2. The summed E-state index contributed by atoms with van der Waals surface area (Å²) in [6.07, 6.45) is 12.3. The van der Waals surface area contributed by atoms with Crippen molar-refractivity contribution in [3.8, 4) is 0 Å². The molecule has 0 amide bonds. The maximum Gasteiger partial charge on any atom is 0.215 e. The monoisotopic (exact) mass is 434 g/mol. The summed E-state index contributed by atoms with van der Waals surface area (Å²) in [5.74, 6) is 1.06. The zero-order valence-electron chi connectivity index (χ0n) is 19.0. The van der Waals surface area contributed by atoms with E-state index in [2.05, 4.69) is 19.1 Å². The van der Waals surface area contributed by atoms with E-state index in [4.69, 9.17) is 18.9 Å². The van der Waals surface area contributed by atoms with Crippen LogP contribution in [0.4, 0.5) is 0 Å². The number of allylic oxidation sites excluding steroid dienone is 2. The zero-order chi connectivity index (χ0) is 21.7. The Kier molecular flexibility index (Phi) is 5.85. The van der Waals surface area contributed by atoms with Crippen molar-refractivity contribution in [1.29, 1.82) is 0 Å². The Morgan fingerprint density at radius 2 is 1.90 bits per heavy atom. The lowest BCUT2D eigenvalue weighted by Crippen LogP contribution is -2.52. The summed E-state index contributed by atoms with van der Waals surface area (Å²) in [5, 5.41) is 19.5. The highest BCUT2D eigenvalue weighted by Gasteiger charge is 2.58. The molecule has 0 radical (unpaired) electrons. The Morgan fingerprint density at radius 3 is 2.61 bits per heavy atom. The molecule has 3 fully saturated rings. The number of methoxy groups -OCH3 is 1. The largest absolute Gasteiger partial charge is 0.394 e. The molecule has 2 unspecified atom stereocenters. The molecule has 0 aromatic rings. The third-order valence-electron chi connectivity index (χ3n) is 9.22. The summed E-state index contributed by atoms with van der Waals surface area (Å²) in [7, 11) is 1.59. The van der Waals surface area contributed by atoms with Gasteiger partial charge in [0.2, 0.25) is 5.79 Å². The average Bonchev–Trinajstić information content (AvgIpc) is 3.39. The second-order valence-electron chi connectivity index (χ2n) is 10.4. The van der Waals surface area contributed by atoms with Crippen LogP contribution in [-0.4, -0.2) is 61.9 Å². The van der Waals surface area contributed by atoms with Crippen molar-refractivity contribution in [2.75, 3.05) is 40.1 Å². The second kappa shape index (κ2) is 8.23. The highest BCUT2D eigenvalue weighted by Crippen LogP contribution is 2.64. The SMILES string of the molecule is COC(CO)(OCCO)C1=CC[C@H]2[C@@H]3CC=C4CC5(CCC4[C@H]3CC[C@]12C)OCCO5. The molecule has 2 saturated carbocycles. The van der Waals surface area contributed by atoms with Gasteiger partial charge in [0.15, 0.2) is 5.79 Å². The van der Waals surface area contributed by atoms with Crippen LogP contribution < -0.4 is 0 Å². The summed E-state index contributed by atoms with van der Waals surface area (Å²) in [6, 6.07) is 0. The van der Waals surface area contributed by atoms with E-state index in [1.807, 2.05) is 0 Å². The first-order valence-electron chi connectivity index (χ1n) is 12.1. The minimum absolute atomic E-state index is 0.0474. The van der Waals surface area contributed by atoms with Crippen LogP contribution >= 0.6 is 0 Å². The number of rotatable bonds is 6. The molecule has 6 nitrogen and oxygen atoms in total. The Labute approximate surface area is 185 Å². The van der Waals surface area contributed by atoms with Gasteiger partial charge in [0.25, 0.3) is 0 Å². The van der Waals surface area contributed by atoms with Gasteiger partial charge in [-0.05, 0) is 66.8 Å². The third kappa shape index (κ3) is 3.37. The first-order valence-corrected chi connectivity index (χ1v) is 12.1. The van der Waals surface area contributed by atoms with Crippen LogP contribution in [0, 0.1) is 29.1 Å². The summed E-state index contributed by atoms with van der Waals surface area (Å²) in [4.78, 5) is 0. The van der Waals surface area contributed by atoms with Crippen LogP contribution in [-0.2, 0) is 18.9 Å². The molecule has 31 heavy (non-hydrogen) atoms. The minimum atomic E-state index is -1.15. The van der Waals surface area contributed by atoms with E-state index < -0.39 is 5.79 Å². The highest BCUT2D eigenvalue weighted by atomic mass is 16.7. The normalized spacial score (nSPS) is 40.5. The number of hydrogen-bond donors (Lipinski definition) is 2. The maximum absolute atomic E-state index is 10.3. The molecular formula is C25H38O6. The van der Waals surface area contributed by atoms with Crippen LogP contribution in [0.3, 0.4) is 0 Å². The zero-order valence-corrected chi connectivity index (χ0v) is 19.0. The van der Waals surface area contributed by atoms with Crippen LogP contribution in [0.2, 0.25) is 0 Å². The van der Waals surface area contributed by atoms with Crippen LogP contribution in [0.5, 0.6) is 0 Å². The van der Waals surface area contributed by atoms with E-state index in [9.17, 15) is 10.2 Å². The fraction of sp³-hybridized carbons (Fsp3) is 0.840. The minimum Gasteiger partial charge on any atom is -0.394 e. The standard InChI is InChI=1S/C25H38O6/c1-23-9-7-19-18-8-10-24(29-13-14-30-24)15-17(18)3-4-20(19)21(23)5-6-22(23)25(16-27,28-2)31-12-11-26/h3,6,18-21,26-27H,4-5,7-16H2,1-2H3/t18?,19-,20-,21+,23+,25?/m1/s1. The van der Waals surface area contributed by atoms with Gasteiger partial charge in [-0.1, -0.05) is 24.6 Å². The van der Waals surface area contributed by atoms with E-state index in [-0.39, 0.29) is 31.0 Å². The molecule has 0 aromatic carbocycles. The molecule has 5 aliphatic rings. The van der Waals surface area contributed by atoms with Gasteiger partial charge in [0, 0.05) is 20.0 Å². The Hall–Kier alpha value is -0.760. The summed E-state index contributed by atoms with van der Waals surface area (Å²) in [6.45, 7) is 3.62. The molecular weight excluding hydrogens is 396 g/mol. The lowest BCUT2D eigenvalue weighted by Gasteiger charge is -2.55. The second-order valence-corrected chi connectivity index (χ2v) is 10.4. The molecule has 1 saturated heterocycles. The van der Waals surface area contributed by atoms with Crippen molar-refractivity contribution in [3.05, 3.63) is 23.3 Å². The van der Waals surface area contributed by atoms with Crippen LogP contribution in [0.25, 0.3) is 0 Å². The van der Waals surface area contributed by atoms with Crippen molar-refractivity contribution in [2.24, 2.45) is 29.1 Å². The molecule has 174 valence electrons. The molecule has 5 rings (SSSR count). The van der Waals surface area contributed by atoms with Crippen LogP contribution in [0.15, 0.2) is 23.3 Å². The summed E-state index contributed by atoms with van der Waals surface area (Å²) < 4.78 is 23.7. The predicted molar refractivity (Wildman–Crippen MR) is 115 cm³/mol. The van der Waals surface area contributed by atoms with E-state index >= 15 is 0 Å². The highest BCUT2D eigenvalue weighted by molar-refractivity contribution is 5.32. The number of fused-ring (bicyclic) bond motifs is 5. The van der Waals surface area contributed by atoms with Crippen molar-refractivity contribution >= 4 is 0 Å². The fourth-order valence-corrected chi connectivity index (χ4v) is 7.80. The van der Waals surface area contributed by atoms with Gasteiger partial charge < -0.3 is 29.2 Å². The van der Waals surface area contributed by atoms with Gasteiger partial charge in [0.1, 0.15) is 6.61 Å². The van der Waals surface area contributed by atoms with Crippen molar-refractivity contribution in [3.63, 3.8) is 0 Å². The molecule has 1 spiro atoms. The van der Waals surface area contributed by atoms with Gasteiger partial charge in [-0.15, -0.1) is 0 Å². The molecule has 6 heteroatoms.